The first-order valence-electron chi connectivity index (χ1n) is 11.7. The zero-order chi connectivity index (χ0) is 27.0. The Hall–Kier alpha value is -2.16. The van der Waals surface area contributed by atoms with Gasteiger partial charge in [-0.05, 0) is 48.6 Å². The molecule has 4 N–H and O–H groups in total. The van der Waals surface area contributed by atoms with Crippen LogP contribution in [0.25, 0.3) is 0 Å². The fourth-order valence-electron chi connectivity index (χ4n) is 4.86. The minimum absolute atomic E-state index is 0.234. The van der Waals surface area contributed by atoms with Crippen molar-refractivity contribution in [3.05, 3.63) is 73.3 Å². The number of carbonyl (C=O) groups excluding carboxylic acids is 1. The van der Waals surface area contributed by atoms with E-state index < -0.39 is 28.4 Å². The average molecular weight is 600 g/mol. The molecule has 14 heteroatoms. The van der Waals surface area contributed by atoms with Gasteiger partial charge in [-0.1, -0.05) is 29.3 Å². The lowest BCUT2D eigenvalue weighted by Crippen LogP contribution is -2.24. The predicted molar refractivity (Wildman–Crippen MR) is 143 cm³/mol. The van der Waals surface area contributed by atoms with Crippen LogP contribution >= 0.6 is 34.5 Å². The van der Waals surface area contributed by atoms with E-state index in [0.29, 0.717) is 45.1 Å². The van der Waals surface area contributed by atoms with E-state index in [9.17, 15) is 18.3 Å². The van der Waals surface area contributed by atoms with E-state index in [2.05, 4.69) is 19.5 Å². The minimum Gasteiger partial charge on any atom is -0.393 e. The van der Waals surface area contributed by atoms with Crippen molar-refractivity contribution in [3.63, 3.8) is 0 Å². The second-order valence-electron chi connectivity index (χ2n) is 9.22. The molecule has 1 aliphatic carbocycles. The second-order valence-corrected chi connectivity index (χ2v) is 12.5. The molecule has 4 atom stereocenters. The fraction of sp³-hybridized carbons (Fsp3) is 0.375. The van der Waals surface area contributed by atoms with Gasteiger partial charge in [-0.15, -0.1) is 11.3 Å². The first-order chi connectivity index (χ1) is 18.1. The average Bonchev–Trinajstić information content (AvgIpc) is 3.43. The number of aliphatic hydroxyl groups is 1. The molecule has 1 aromatic carbocycles. The zero-order valence-electron chi connectivity index (χ0n) is 19.8. The van der Waals surface area contributed by atoms with Gasteiger partial charge < -0.3 is 15.2 Å². The molecular formula is C24H24Cl2N4O6S2. The number of nitrogens with zero attached hydrogens (tertiary/aromatic N) is 2. The Kier molecular flexibility index (Phi) is 8.04. The van der Waals surface area contributed by atoms with Crippen LogP contribution in [0.3, 0.4) is 0 Å². The van der Waals surface area contributed by atoms with Crippen molar-refractivity contribution < 1.29 is 27.2 Å². The zero-order valence-corrected chi connectivity index (χ0v) is 23.0. The van der Waals surface area contributed by atoms with Gasteiger partial charge in [0, 0.05) is 28.7 Å². The third kappa shape index (κ3) is 6.02. The number of ketones is 1. The molecule has 38 heavy (non-hydrogen) atoms. The maximum absolute atomic E-state index is 13.6. The largest absolute Gasteiger partial charge is 0.393 e. The molecule has 0 spiro atoms. The SMILES string of the molecule is NS(=O)(=O)OC[C@H]1C[C@@H](Nc2ncncc2C(=O)c2cc(C3OCCc4ccc(Cl)cc43)c(Cl)s2)C[C@@H]1O. The molecule has 3 heterocycles. The number of halogens is 2. The number of rotatable bonds is 8. The number of hydrogen-bond donors (Lipinski definition) is 3. The quantitative estimate of drug-likeness (QED) is 0.330. The Morgan fingerprint density at radius 3 is 2.87 bits per heavy atom. The number of hydrogen-bond acceptors (Lipinski definition) is 10. The summed E-state index contributed by atoms with van der Waals surface area (Å²) in [7, 11) is -4.11. The summed E-state index contributed by atoms with van der Waals surface area (Å²) in [6, 6.07) is 7.13. The molecule has 1 saturated carbocycles. The van der Waals surface area contributed by atoms with Crippen molar-refractivity contribution >= 4 is 56.4 Å². The molecular weight excluding hydrogens is 575 g/mol. The first kappa shape index (κ1) is 27.4. The highest BCUT2D eigenvalue weighted by Gasteiger charge is 2.35. The normalized spacial score (nSPS) is 23.3. The third-order valence-electron chi connectivity index (χ3n) is 6.67. The number of aromatic nitrogens is 2. The van der Waals surface area contributed by atoms with Gasteiger partial charge >= 0.3 is 10.3 Å². The van der Waals surface area contributed by atoms with E-state index in [-0.39, 0.29) is 24.0 Å². The number of aliphatic hydroxyl groups excluding tert-OH is 1. The van der Waals surface area contributed by atoms with Crippen molar-refractivity contribution in [2.75, 3.05) is 18.5 Å². The Labute approximate surface area is 233 Å². The summed E-state index contributed by atoms with van der Waals surface area (Å²) in [5, 5.41) is 19.0. The molecule has 1 unspecified atom stereocenters. The Morgan fingerprint density at radius 2 is 2.08 bits per heavy atom. The van der Waals surface area contributed by atoms with Crippen molar-refractivity contribution in [1.29, 1.82) is 0 Å². The molecule has 0 radical (unpaired) electrons. The third-order valence-corrected chi connectivity index (χ3v) is 8.75. The van der Waals surface area contributed by atoms with Crippen LogP contribution in [-0.2, 0) is 25.6 Å². The minimum atomic E-state index is -4.11. The monoisotopic (exact) mass is 598 g/mol. The molecule has 0 saturated heterocycles. The van der Waals surface area contributed by atoms with E-state index in [1.807, 2.05) is 18.2 Å². The van der Waals surface area contributed by atoms with Gasteiger partial charge in [0.25, 0.3) is 0 Å². The lowest BCUT2D eigenvalue weighted by molar-refractivity contribution is 0.0701. The van der Waals surface area contributed by atoms with Gasteiger partial charge in [-0.25, -0.2) is 15.1 Å². The molecule has 0 bridgehead atoms. The lowest BCUT2D eigenvalue weighted by atomic mass is 9.94. The van der Waals surface area contributed by atoms with Crippen LogP contribution in [0.15, 0.2) is 36.8 Å². The van der Waals surface area contributed by atoms with Gasteiger partial charge in [0.05, 0.1) is 34.1 Å². The van der Waals surface area contributed by atoms with Crippen molar-refractivity contribution in [3.8, 4) is 0 Å². The molecule has 5 rings (SSSR count). The summed E-state index contributed by atoms with van der Waals surface area (Å²) in [6.45, 7) is 0.285. The molecule has 10 nitrogen and oxygen atoms in total. The topological polar surface area (TPSA) is 154 Å². The van der Waals surface area contributed by atoms with Crippen molar-refractivity contribution in [2.45, 2.75) is 37.5 Å². The second kappa shape index (κ2) is 11.1. The van der Waals surface area contributed by atoms with Gasteiger partial charge in [0.15, 0.2) is 0 Å². The number of nitrogens with two attached hydrogens (primary N) is 1. The summed E-state index contributed by atoms with van der Waals surface area (Å²) in [4.78, 5) is 22.2. The summed E-state index contributed by atoms with van der Waals surface area (Å²) < 4.78 is 33.3. The smallest absolute Gasteiger partial charge is 0.333 e. The maximum atomic E-state index is 13.6. The number of carbonyl (C=O) groups is 1. The van der Waals surface area contributed by atoms with Gasteiger partial charge in [-0.3, -0.25) is 8.98 Å². The van der Waals surface area contributed by atoms with Crippen LogP contribution in [0.5, 0.6) is 0 Å². The van der Waals surface area contributed by atoms with E-state index in [4.69, 9.17) is 33.1 Å². The van der Waals surface area contributed by atoms with Gasteiger partial charge in [-0.2, -0.15) is 8.42 Å². The predicted octanol–water partition coefficient (Wildman–Crippen LogP) is 3.51. The number of nitrogens with one attached hydrogen (secondary N) is 1. The van der Waals surface area contributed by atoms with Crippen LogP contribution in [0.1, 0.15) is 50.9 Å². The molecule has 1 aliphatic heterocycles. The highest BCUT2D eigenvalue weighted by Crippen LogP contribution is 2.42. The molecule has 1 fully saturated rings. The van der Waals surface area contributed by atoms with Crippen molar-refractivity contribution in [1.82, 2.24) is 9.97 Å². The highest BCUT2D eigenvalue weighted by atomic mass is 35.5. The van der Waals surface area contributed by atoms with Gasteiger partial charge in [0.2, 0.25) is 5.78 Å². The molecule has 2 aliphatic rings. The van der Waals surface area contributed by atoms with Crippen LogP contribution in [0, 0.1) is 5.92 Å². The number of anilines is 1. The van der Waals surface area contributed by atoms with Crippen LogP contribution < -0.4 is 10.5 Å². The van der Waals surface area contributed by atoms with Crippen LogP contribution in [0.2, 0.25) is 9.36 Å². The Bertz CT molecular complexity index is 1470. The highest BCUT2D eigenvalue weighted by molar-refractivity contribution is 7.84. The number of ether oxygens (including phenoxy) is 1. The van der Waals surface area contributed by atoms with Crippen molar-refractivity contribution in [2.24, 2.45) is 11.1 Å². The lowest BCUT2D eigenvalue weighted by Gasteiger charge is -2.26. The summed E-state index contributed by atoms with van der Waals surface area (Å²) >= 11 is 14.0. The van der Waals surface area contributed by atoms with Crippen LogP contribution in [-0.4, -0.2) is 54.6 Å². The number of thiophene rings is 1. The standard InChI is InChI=1S/C24H24Cl2N4O6S2/c25-14-2-1-12-3-4-35-22(16(12)6-14)17-8-20(37-23(17)26)21(32)18-9-28-11-29-24(18)30-15-5-13(19(31)7-15)10-36-38(27,33)34/h1-2,6,8-9,11,13,15,19,22,31H,3-5,7,10H2,(H2,27,33,34)(H,28,29,30)/t13-,15-,19+,22?/m1/s1. The molecule has 0 amide bonds. The van der Waals surface area contributed by atoms with E-state index in [0.717, 1.165) is 28.9 Å². The fourth-order valence-corrected chi connectivity index (χ4v) is 6.68. The summed E-state index contributed by atoms with van der Waals surface area (Å²) in [5.74, 6) is -0.467. The number of benzene rings is 1. The van der Waals surface area contributed by atoms with Gasteiger partial charge in [0.1, 0.15) is 18.2 Å². The molecule has 202 valence electrons. The summed E-state index contributed by atoms with van der Waals surface area (Å²) in [5.41, 5.74) is 2.97. The first-order valence-corrected chi connectivity index (χ1v) is 14.8. The van der Waals surface area contributed by atoms with Crippen LogP contribution in [0.4, 0.5) is 5.82 Å². The maximum Gasteiger partial charge on any atom is 0.333 e. The number of fused-ring (bicyclic) bond motifs is 1. The Balaban J connectivity index is 1.35. The van der Waals surface area contributed by atoms with E-state index in [1.165, 1.54) is 12.5 Å². The Morgan fingerprint density at radius 1 is 1.26 bits per heavy atom. The molecule has 3 aromatic rings. The van der Waals surface area contributed by atoms with E-state index >= 15 is 0 Å². The summed E-state index contributed by atoms with van der Waals surface area (Å²) in [6.07, 6.45) is 2.96. The van der Waals surface area contributed by atoms with E-state index in [1.54, 1.807) is 6.07 Å². The molecule has 2 aromatic heterocycles.